The molecule has 1 aromatic heterocycles. The van der Waals surface area contributed by atoms with E-state index in [0.717, 1.165) is 0 Å². The number of aromatic nitrogens is 4. The number of carboxylic acid groups (broad SMARTS) is 1. The third-order valence-corrected chi connectivity index (χ3v) is 3.45. The summed E-state index contributed by atoms with van der Waals surface area (Å²) >= 11 is 3.10. The molecule has 9 heteroatoms. The predicted octanol–water partition coefficient (Wildman–Crippen LogP) is 1.73. The van der Waals surface area contributed by atoms with Crippen molar-refractivity contribution < 1.29 is 19.0 Å². The van der Waals surface area contributed by atoms with E-state index in [1.165, 1.54) is 11.8 Å². The zero-order chi connectivity index (χ0) is 15.4. The molecule has 1 unspecified atom stereocenters. The Morgan fingerprint density at radius 1 is 1.57 bits per heavy atom. The summed E-state index contributed by atoms with van der Waals surface area (Å²) in [4.78, 5) is 10.7. The Labute approximate surface area is 127 Å². The van der Waals surface area contributed by atoms with Crippen molar-refractivity contribution in [1.29, 1.82) is 0 Å². The average Bonchev–Trinajstić information content (AvgIpc) is 2.88. The van der Waals surface area contributed by atoms with Crippen LogP contribution in [0.2, 0.25) is 0 Å². The number of carboxylic acids is 1. The molecule has 0 amide bonds. The number of carbonyl (C=O) groups is 1. The van der Waals surface area contributed by atoms with Crippen LogP contribution in [0.3, 0.4) is 0 Å². The summed E-state index contributed by atoms with van der Waals surface area (Å²) in [6, 6.07) is 4.77. The minimum absolute atomic E-state index is 0.108. The van der Waals surface area contributed by atoms with Gasteiger partial charge < -0.3 is 9.84 Å². The lowest BCUT2D eigenvalue weighted by atomic mass is 10.2. The van der Waals surface area contributed by atoms with Crippen molar-refractivity contribution in [3.8, 4) is 11.4 Å². The van der Waals surface area contributed by atoms with Crippen LogP contribution in [0.5, 0.6) is 0 Å². The van der Waals surface area contributed by atoms with E-state index >= 15 is 0 Å². The fourth-order valence-electron chi connectivity index (χ4n) is 1.81. The molecule has 0 aliphatic carbocycles. The van der Waals surface area contributed by atoms with E-state index < -0.39 is 17.9 Å². The Morgan fingerprint density at radius 2 is 2.33 bits per heavy atom. The highest BCUT2D eigenvalue weighted by molar-refractivity contribution is 9.10. The van der Waals surface area contributed by atoms with E-state index in [1.54, 1.807) is 18.2 Å². The first-order valence-electron chi connectivity index (χ1n) is 5.98. The van der Waals surface area contributed by atoms with Gasteiger partial charge in [-0.1, -0.05) is 6.07 Å². The van der Waals surface area contributed by atoms with Gasteiger partial charge in [-0.3, -0.25) is 4.79 Å². The topological polar surface area (TPSA) is 90.1 Å². The molecule has 2 aromatic rings. The van der Waals surface area contributed by atoms with Gasteiger partial charge in [0, 0.05) is 7.11 Å². The molecular weight excluding hydrogens is 347 g/mol. The lowest BCUT2D eigenvalue weighted by Crippen LogP contribution is -2.23. The van der Waals surface area contributed by atoms with Crippen molar-refractivity contribution in [2.75, 3.05) is 7.11 Å². The van der Waals surface area contributed by atoms with Gasteiger partial charge in [-0.2, -0.15) is 0 Å². The molecule has 1 aromatic carbocycles. The van der Waals surface area contributed by atoms with Gasteiger partial charge in [0.25, 0.3) is 0 Å². The van der Waals surface area contributed by atoms with E-state index in [4.69, 9.17) is 9.84 Å². The number of rotatable bonds is 6. The molecule has 7 nitrogen and oxygen atoms in total. The molecule has 0 aliphatic heterocycles. The summed E-state index contributed by atoms with van der Waals surface area (Å²) in [6.45, 7) is 0.108. The maximum Gasteiger partial charge on any atom is 0.306 e. The van der Waals surface area contributed by atoms with Crippen LogP contribution in [-0.2, 0) is 16.1 Å². The Morgan fingerprint density at radius 3 is 3.00 bits per heavy atom. The average molecular weight is 359 g/mol. The SMILES string of the molecule is COC(CC(=O)O)Cn1nnnc1-c1cccc(Br)c1F. The van der Waals surface area contributed by atoms with Gasteiger partial charge in [0.15, 0.2) is 5.82 Å². The zero-order valence-electron chi connectivity index (χ0n) is 11.0. The number of benzene rings is 1. The van der Waals surface area contributed by atoms with Gasteiger partial charge in [0.2, 0.25) is 0 Å². The van der Waals surface area contributed by atoms with Crippen LogP contribution in [0.1, 0.15) is 6.42 Å². The Kier molecular flexibility index (Phi) is 4.97. The Hall–Kier alpha value is -1.87. The summed E-state index contributed by atoms with van der Waals surface area (Å²) in [5.74, 6) is -1.27. The van der Waals surface area contributed by atoms with E-state index in [9.17, 15) is 9.18 Å². The van der Waals surface area contributed by atoms with Crippen LogP contribution in [0.4, 0.5) is 4.39 Å². The summed E-state index contributed by atoms with van der Waals surface area (Å²) in [7, 11) is 1.40. The first kappa shape index (κ1) is 15.5. The predicted molar refractivity (Wildman–Crippen MR) is 74.0 cm³/mol. The summed E-state index contributed by atoms with van der Waals surface area (Å²) in [5.41, 5.74) is 0.222. The first-order valence-corrected chi connectivity index (χ1v) is 6.77. The van der Waals surface area contributed by atoms with Crippen molar-refractivity contribution >= 4 is 21.9 Å². The summed E-state index contributed by atoms with van der Waals surface area (Å²) in [5, 5.41) is 19.9. The minimum Gasteiger partial charge on any atom is -0.481 e. The zero-order valence-corrected chi connectivity index (χ0v) is 12.6. The number of ether oxygens (including phenoxy) is 1. The first-order chi connectivity index (χ1) is 10.0. The number of aliphatic carboxylic acids is 1. The van der Waals surface area contributed by atoms with E-state index in [0.29, 0.717) is 4.47 Å². The van der Waals surface area contributed by atoms with Gasteiger partial charge >= 0.3 is 5.97 Å². The van der Waals surface area contributed by atoms with Crippen LogP contribution >= 0.6 is 15.9 Å². The summed E-state index contributed by atoms with van der Waals surface area (Å²) < 4.78 is 20.8. The highest BCUT2D eigenvalue weighted by Gasteiger charge is 2.19. The number of nitrogens with zero attached hydrogens (tertiary/aromatic N) is 4. The van der Waals surface area contributed by atoms with Crippen LogP contribution in [0.25, 0.3) is 11.4 Å². The van der Waals surface area contributed by atoms with Crippen LogP contribution in [0, 0.1) is 5.82 Å². The monoisotopic (exact) mass is 358 g/mol. The fraction of sp³-hybridized carbons (Fsp3) is 0.333. The van der Waals surface area contributed by atoms with Crippen LogP contribution in [-0.4, -0.2) is 44.5 Å². The normalized spacial score (nSPS) is 12.3. The molecule has 0 aliphatic rings. The third kappa shape index (κ3) is 3.61. The Bertz CT molecular complexity index is 649. The van der Waals surface area contributed by atoms with Gasteiger partial charge in [0.05, 0.1) is 29.1 Å². The second-order valence-corrected chi connectivity index (χ2v) is 5.10. The van der Waals surface area contributed by atoms with Crippen molar-refractivity contribution in [1.82, 2.24) is 20.2 Å². The largest absolute Gasteiger partial charge is 0.481 e. The molecule has 0 fully saturated rings. The molecule has 0 bridgehead atoms. The molecular formula is C12H12BrFN4O3. The van der Waals surface area contributed by atoms with E-state index in [1.807, 2.05) is 0 Å². The smallest absolute Gasteiger partial charge is 0.306 e. The minimum atomic E-state index is -0.995. The highest BCUT2D eigenvalue weighted by atomic mass is 79.9. The third-order valence-electron chi connectivity index (χ3n) is 2.84. The van der Waals surface area contributed by atoms with Gasteiger partial charge in [-0.05, 0) is 38.5 Å². The summed E-state index contributed by atoms with van der Waals surface area (Å²) in [6.07, 6.45) is -0.809. The lowest BCUT2D eigenvalue weighted by Gasteiger charge is -2.13. The van der Waals surface area contributed by atoms with Gasteiger partial charge in [-0.15, -0.1) is 5.10 Å². The van der Waals surface area contributed by atoms with Gasteiger partial charge in [0.1, 0.15) is 5.82 Å². The van der Waals surface area contributed by atoms with Crippen LogP contribution in [0.15, 0.2) is 22.7 Å². The maximum atomic E-state index is 14.1. The molecule has 0 saturated heterocycles. The molecule has 0 saturated carbocycles. The van der Waals surface area contributed by atoms with E-state index in [-0.39, 0.29) is 24.4 Å². The maximum absolute atomic E-state index is 14.1. The standard InChI is InChI=1S/C12H12BrFN4O3/c1-21-7(5-10(19)20)6-18-12(15-16-17-18)8-3-2-4-9(13)11(8)14/h2-4,7H,5-6H2,1H3,(H,19,20). The number of hydrogen-bond acceptors (Lipinski definition) is 5. The second kappa shape index (κ2) is 6.72. The molecule has 21 heavy (non-hydrogen) atoms. The second-order valence-electron chi connectivity index (χ2n) is 4.24. The molecule has 2 rings (SSSR count). The van der Waals surface area contributed by atoms with Crippen LogP contribution < -0.4 is 0 Å². The van der Waals surface area contributed by atoms with Crippen molar-refractivity contribution in [3.05, 3.63) is 28.5 Å². The molecule has 1 atom stereocenters. The molecule has 0 spiro atoms. The highest BCUT2D eigenvalue weighted by Crippen LogP contribution is 2.26. The van der Waals surface area contributed by atoms with Crippen molar-refractivity contribution in [2.24, 2.45) is 0 Å². The van der Waals surface area contributed by atoms with E-state index in [2.05, 4.69) is 31.5 Å². The number of halogens is 2. The molecule has 1 heterocycles. The number of hydrogen-bond donors (Lipinski definition) is 1. The van der Waals surface area contributed by atoms with Crippen molar-refractivity contribution in [3.63, 3.8) is 0 Å². The number of methoxy groups -OCH3 is 1. The number of tetrazole rings is 1. The Balaban J connectivity index is 2.30. The molecule has 112 valence electrons. The quantitative estimate of drug-likeness (QED) is 0.845. The van der Waals surface area contributed by atoms with Gasteiger partial charge in [-0.25, -0.2) is 9.07 Å². The lowest BCUT2D eigenvalue weighted by molar-refractivity contribution is -0.140. The molecule has 1 N–H and O–H groups in total. The van der Waals surface area contributed by atoms with Crippen molar-refractivity contribution in [2.45, 2.75) is 19.1 Å². The fourth-order valence-corrected chi connectivity index (χ4v) is 2.17. The molecule has 0 radical (unpaired) electrons.